The van der Waals surface area contributed by atoms with Gasteiger partial charge >= 0.3 is 0 Å². The Balaban J connectivity index is 3.09. The van der Waals surface area contributed by atoms with Crippen molar-refractivity contribution in [3.05, 3.63) is 12.1 Å². The first-order chi connectivity index (χ1) is 7.93. The summed E-state index contributed by atoms with van der Waals surface area (Å²) in [6.45, 7) is 3.76. The van der Waals surface area contributed by atoms with Gasteiger partial charge in [-0.25, -0.2) is 0 Å². The molecule has 0 amide bonds. The fraction of sp³-hybridized carbons (Fsp3) is 0.500. The summed E-state index contributed by atoms with van der Waals surface area (Å²) in [5, 5.41) is 12.4. The molecule has 0 aliphatic carbocycles. The van der Waals surface area contributed by atoms with Gasteiger partial charge in [0.25, 0.3) is 0 Å². The maximum absolute atomic E-state index is 9.21. The van der Waals surface area contributed by atoms with Crippen LogP contribution < -0.4 is 20.5 Å². The molecule has 0 aromatic heterocycles. The first kappa shape index (κ1) is 13.4. The number of methoxy groups -OCH3 is 2. The van der Waals surface area contributed by atoms with Crippen molar-refractivity contribution in [2.45, 2.75) is 19.4 Å². The van der Waals surface area contributed by atoms with Crippen LogP contribution in [0.3, 0.4) is 0 Å². The predicted molar refractivity (Wildman–Crippen MR) is 68.7 cm³/mol. The number of anilines is 2. The van der Waals surface area contributed by atoms with Gasteiger partial charge in [-0.2, -0.15) is 0 Å². The van der Waals surface area contributed by atoms with Gasteiger partial charge in [-0.15, -0.1) is 0 Å². The second-order valence-corrected chi connectivity index (χ2v) is 4.46. The van der Waals surface area contributed by atoms with Gasteiger partial charge in [0.15, 0.2) is 11.5 Å². The summed E-state index contributed by atoms with van der Waals surface area (Å²) < 4.78 is 10.3. The Morgan fingerprint density at radius 2 is 1.76 bits per heavy atom. The van der Waals surface area contributed by atoms with Crippen molar-refractivity contribution in [2.75, 3.05) is 31.9 Å². The second-order valence-electron chi connectivity index (χ2n) is 4.46. The monoisotopic (exact) mass is 240 g/mol. The highest BCUT2D eigenvalue weighted by Crippen LogP contribution is 2.35. The summed E-state index contributed by atoms with van der Waals surface area (Å²) in [6, 6.07) is 3.44. The fourth-order valence-electron chi connectivity index (χ4n) is 1.41. The van der Waals surface area contributed by atoms with Crippen LogP contribution in [-0.2, 0) is 0 Å². The van der Waals surface area contributed by atoms with Crippen LogP contribution in [0.5, 0.6) is 11.5 Å². The SMILES string of the molecule is COc1cc(N)c(NC(C)(C)CO)cc1OC. The molecule has 0 aliphatic rings. The van der Waals surface area contributed by atoms with Crippen LogP contribution in [0, 0.1) is 0 Å². The summed E-state index contributed by atoms with van der Waals surface area (Å²) in [7, 11) is 3.12. The van der Waals surface area contributed by atoms with Crippen LogP contribution >= 0.6 is 0 Å². The third kappa shape index (κ3) is 3.17. The smallest absolute Gasteiger partial charge is 0.162 e. The lowest BCUT2D eigenvalue weighted by Crippen LogP contribution is -2.35. The number of hydrogen-bond donors (Lipinski definition) is 3. The normalized spacial score (nSPS) is 11.1. The van der Waals surface area contributed by atoms with Crippen molar-refractivity contribution in [2.24, 2.45) is 0 Å². The largest absolute Gasteiger partial charge is 0.493 e. The van der Waals surface area contributed by atoms with E-state index in [1.807, 2.05) is 13.8 Å². The number of nitrogens with two attached hydrogens (primary N) is 1. The zero-order chi connectivity index (χ0) is 13.1. The molecule has 4 N–H and O–H groups in total. The molecule has 0 radical (unpaired) electrons. The molecule has 0 bridgehead atoms. The highest BCUT2D eigenvalue weighted by atomic mass is 16.5. The van der Waals surface area contributed by atoms with E-state index in [2.05, 4.69) is 5.32 Å². The summed E-state index contributed by atoms with van der Waals surface area (Å²) in [4.78, 5) is 0. The van der Waals surface area contributed by atoms with E-state index >= 15 is 0 Å². The third-order valence-corrected chi connectivity index (χ3v) is 2.42. The minimum atomic E-state index is -0.451. The third-order valence-electron chi connectivity index (χ3n) is 2.42. The zero-order valence-electron chi connectivity index (χ0n) is 10.7. The molecular weight excluding hydrogens is 220 g/mol. The lowest BCUT2D eigenvalue weighted by molar-refractivity contribution is 0.234. The maximum atomic E-state index is 9.21. The highest BCUT2D eigenvalue weighted by Gasteiger charge is 2.18. The van der Waals surface area contributed by atoms with Gasteiger partial charge in [0.2, 0.25) is 0 Å². The number of nitrogens with one attached hydrogen (secondary N) is 1. The number of aliphatic hydroxyl groups is 1. The number of rotatable bonds is 5. The van der Waals surface area contributed by atoms with Crippen molar-refractivity contribution < 1.29 is 14.6 Å². The van der Waals surface area contributed by atoms with Gasteiger partial charge in [-0.3, -0.25) is 0 Å². The number of ether oxygens (including phenoxy) is 2. The van der Waals surface area contributed by atoms with Crippen LogP contribution in [0.1, 0.15) is 13.8 Å². The van der Waals surface area contributed by atoms with Crippen LogP contribution in [0.25, 0.3) is 0 Å². The van der Waals surface area contributed by atoms with Crippen LogP contribution in [0.2, 0.25) is 0 Å². The molecule has 0 unspecified atom stereocenters. The Kier molecular flexibility index (Phi) is 4.07. The number of hydrogen-bond acceptors (Lipinski definition) is 5. The molecule has 0 spiro atoms. The van der Waals surface area contributed by atoms with E-state index in [1.165, 1.54) is 0 Å². The molecule has 0 saturated carbocycles. The van der Waals surface area contributed by atoms with Gasteiger partial charge in [-0.1, -0.05) is 0 Å². The molecule has 0 atom stereocenters. The van der Waals surface area contributed by atoms with Gasteiger partial charge in [0, 0.05) is 12.1 Å². The topological polar surface area (TPSA) is 76.7 Å². The number of nitrogen functional groups attached to an aromatic ring is 1. The van der Waals surface area contributed by atoms with E-state index in [0.717, 1.165) is 0 Å². The van der Waals surface area contributed by atoms with E-state index in [0.29, 0.717) is 22.9 Å². The highest BCUT2D eigenvalue weighted by molar-refractivity contribution is 5.72. The van der Waals surface area contributed by atoms with Crippen LogP contribution in [0.15, 0.2) is 12.1 Å². The predicted octanol–water partition coefficient (Wildman–Crippen LogP) is 1.47. The average Bonchev–Trinajstić information content (AvgIpc) is 2.31. The summed E-state index contributed by atoms with van der Waals surface area (Å²) in [5.74, 6) is 1.18. The van der Waals surface area contributed by atoms with Crippen molar-refractivity contribution in [3.63, 3.8) is 0 Å². The molecule has 0 saturated heterocycles. The molecule has 5 heteroatoms. The van der Waals surface area contributed by atoms with Gasteiger partial charge < -0.3 is 25.6 Å². The van der Waals surface area contributed by atoms with E-state index < -0.39 is 5.54 Å². The molecule has 0 heterocycles. The Morgan fingerprint density at radius 3 is 2.24 bits per heavy atom. The Hall–Kier alpha value is -1.62. The van der Waals surface area contributed by atoms with E-state index in [-0.39, 0.29) is 6.61 Å². The van der Waals surface area contributed by atoms with E-state index in [9.17, 15) is 5.11 Å². The Labute approximate surface area is 102 Å². The molecule has 1 aromatic rings. The average molecular weight is 240 g/mol. The number of aliphatic hydroxyl groups excluding tert-OH is 1. The summed E-state index contributed by atoms with van der Waals surface area (Å²) >= 11 is 0. The summed E-state index contributed by atoms with van der Waals surface area (Å²) in [6.07, 6.45) is 0. The molecule has 0 fully saturated rings. The Bertz CT molecular complexity index is 392. The molecule has 0 aliphatic heterocycles. The number of benzene rings is 1. The maximum Gasteiger partial charge on any atom is 0.162 e. The van der Waals surface area contributed by atoms with Gasteiger partial charge in [0.05, 0.1) is 37.7 Å². The fourth-order valence-corrected chi connectivity index (χ4v) is 1.41. The van der Waals surface area contributed by atoms with Crippen molar-refractivity contribution in [3.8, 4) is 11.5 Å². The van der Waals surface area contributed by atoms with E-state index in [4.69, 9.17) is 15.2 Å². The minimum Gasteiger partial charge on any atom is -0.493 e. The molecule has 5 nitrogen and oxygen atoms in total. The molecule has 1 rings (SSSR count). The van der Waals surface area contributed by atoms with Crippen molar-refractivity contribution >= 4 is 11.4 Å². The molecular formula is C12H20N2O3. The summed E-state index contributed by atoms with van der Waals surface area (Å²) in [5.41, 5.74) is 6.71. The van der Waals surface area contributed by atoms with Crippen LogP contribution in [-0.4, -0.2) is 31.5 Å². The second kappa shape index (κ2) is 5.14. The van der Waals surface area contributed by atoms with Crippen molar-refractivity contribution in [1.29, 1.82) is 0 Å². The first-order valence-corrected chi connectivity index (χ1v) is 5.34. The van der Waals surface area contributed by atoms with Crippen molar-refractivity contribution in [1.82, 2.24) is 0 Å². The minimum absolute atomic E-state index is 0.000778. The molecule has 17 heavy (non-hydrogen) atoms. The standard InChI is InChI=1S/C12H20N2O3/c1-12(2,7-15)14-9-6-11(17-4)10(16-3)5-8(9)13/h5-6,14-15H,7,13H2,1-4H3. The van der Waals surface area contributed by atoms with Gasteiger partial charge in [-0.05, 0) is 13.8 Å². The van der Waals surface area contributed by atoms with E-state index in [1.54, 1.807) is 26.4 Å². The van der Waals surface area contributed by atoms with Crippen LogP contribution in [0.4, 0.5) is 11.4 Å². The zero-order valence-corrected chi connectivity index (χ0v) is 10.7. The lowest BCUT2D eigenvalue weighted by Gasteiger charge is -2.26. The molecule has 96 valence electrons. The van der Waals surface area contributed by atoms with Gasteiger partial charge in [0.1, 0.15) is 0 Å². The lowest BCUT2D eigenvalue weighted by atomic mass is 10.1. The first-order valence-electron chi connectivity index (χ1n) is 5.34. The quantitative estimate of drug-likeness (QED) is 0.679. The Morgan fingerprint density at radius 1 is 1.24 bits per heavy atom. The molecule has 1 aromatic carbocycles.